The summed E-state index contributed by atoms with van der Waals surface area (Å²) in [6, 6.07) is 2.76. The van der Waals surface area contributed by atoms with Gasteiger partial charge in [0.15, 0.2) is 0 Å². The van der Waals surface area contributed by atoms with Crippen molar-refractivity contribution in [3.8, 4) is 0 Å². The van der Waals surface area contributed by atoms with Crippen LogP contribution in [0.15, 0.2) is 12.1 Å². The van der Waals surface area contributed by atoms with Gasteiger partial charge in [0.2, 0.25) is 0 Å². The molecule has 1 fully saturated rings. The summed E-state index contributed by atoms with van der Waals surface area (Å²) < 4.78 is 28.9. The average Bonchev–Trinajstić information content (AvgIpc) is 2.37. The molecule has 0 bridgehead atoms. The first-order valence-corrected chi connectivity index (χ1v) is 7.07. The summed E-state index contributed by atoms with van der Waals surface area (Å²) in [5, 5.41) is 3.15. The Balaban J connectivity index is 2.17. The molecule has 1 aromatic rings. The van der Waals surface area contributed by atoms with Gasteiger partial charge in [-0.25, -0.2) is 13.8 Å². The van der Waals surface area contributed by atoms with Crippen LogP contribution in [0.4, 0.5) is 8.78 Å². The smallest absolute Gasteiger partial charge is 0.276 e. The van der Waals surface area contributed by atoms with E-state index in [1.165, 1.54) is 12.1 Å². The molecule has 0 aromatic carbocycles. The molecule has 106 valence electrons. The molecule has 0 aliphatic heterocycles. The third kappa shape index (κ3) is 3.36. The lowest BCUT2D eigenvalue weighted by molar-refractivity contribution is -0.0799. The van der Waals surface area contributed by atoms with Crippen molar-refractivity contribution in [2.24, 2.45) is 5.92 Å². The summed E-state index contributed by atoms with van der Waals surface area (Å²) in [7, 11) is 1.87. The van der Waals surface area contributed by atoms with Crippen LogP contribution >= 0.6 is 23.2 Å². The highest BCUT2D eigenvalue weighted by atomic mass is 35.5. The SMILES string of the molecule is CNC1CCC(C(F)(F)c2cc(Cl)nc(Cl)c2)CC1. The number of nitrogens with one attached hydrogen (secondary N) is 1. The van der Waals surface area contributed by atoms with E-state index >= 15 is 0 Å². The van der Waals surface area contributed by atoms with Crippen molar-refractivity contribution in [2.75, 3.05) is 7.05 Å². The molecule has 6 heteroatoms. The van der Waals surface area contributed by atoms with Gasteiger partial charge in [-0.1, -0.05) is 23.2 Å². The topological polar surface area (TPSA) is 24.9 Å². The highest BCUT2D eigenvalue weighted by Gasteiger charge is 2.43. The van der Waals surface area contributed by atoms with Gasteiger partial charge in [-0.15, -0.1) is 0 Å². The van der Waals surface area contributed by atoms with E-state index in [0.29, 0.717) is 18.9 Å². The molecule has 1 aliphatic carbocycles. The molecular weight excluding hydrogens is 293 g/mol. The van der Waals surface area contributed by atoms with E-state index in [0.717, 1.165) is 12.8 Å². The minimum atomic E-state index is -2.91. The number of aromatic nitrogens is 1. The molecule has 1 N–H and O–H groups in total. The number of nitrogens with zero attached hydrogens (tertiary/aromatic N) is 1. The Morgan fingerprint density at radius 1 is 1.16 bits per heavy atom. The zero-order valence-electron chi connectivity index (χ0n) is 10.6. The molecule has 0 radical (unpaired) electrons. The van der Waals surface area contributed by atoms with Gasteiger partial charge in [0.25, 0.3) is 5.92 Å². The van der Waals surface area contributed by atoms with Crippen molar-refractivity contribution in [3.63, 3.8) is 0 Å². The maximum Gasteiger partial charge on any atom is 0.276 e. The van der Waals surface area contributed by atoms with Crippen molar-refractivity contribution in [1.82, 2.24) is 10.3 Å². The van der Waals surface area contributed by atoms with E-state index in [-0.39, 0.29) is 15.9 Å². The minimum absolute atomic E-state index is 0.00564. The lowest BCUT2D eigenvalue weighted by Crippen LogP contribution is -2.36. The number of halogens is 4. The van der Waals surface area contributed by atoms with Crippen LogP contribution < -0.4 is 5.32 Å². The molecule has 2 rings (SSSR count). The van der Waals surface area contributed by atoms with Crippen molar-refractivity contribution >= 4 is 23.2 Å². The van der Waals surface area contributed by atoms with E-state index < -0.39 is 11.8 Å². The van der Waals surface area contributed by atoms with Crippen LogP contribution in [0.3, 0.4) is 0 Å². The molecule has 0 unspecified atom stereocenters. The third-order valence-corrected chi connectivity index (χ3v) is 4.18. The standard InChI is InChI=1S/C13H16Cl2F2N2/c1-18-10-4-2-8(3-5-10)13(16,17)9-6-11(14)19-12(15)7-9/h6-8,10,18H,2-5H2,1H3. The van der Waals surface area contributed by atoms with Gasteiger partial charge in [-0.3, -0.25) is 0 Å². The minimum Gasteiger partial charge on any atom is -0.317 e. The van der Waals surface area contributed by atoms with E-state index in [9.17, 15) is 8.78 Å². The maximum atomic E-state index is 14.5. The molecule has 1 aromatic heterocycles. The second-order valence-electron chi connectivity index (χ2n) is 4.96. The van der Waals surface area contributed by atoms with Gasteiger partial charge in [-0.05, 0) is 44.9 Å². The fraction of sp³-hybridized carbons (Fsp3) is 0.615. The first-order valence-electron chi connectivity index (χ1n) is 6.32. The normalized spacial score (nSPS) is 24.5. The number of hydrogen-bond donors (Lipinski definition) is 1. The second-order valence-corrected chi connectivity index (χ2v) is 5.74. The number of rotatable bonds is 3. The van der Waals surface area contributed by atoms with Crippen LogP contribution in [0.2, 0.25) is 10.3 Å². The van der Waals surface area contributed by atoms with E-state index in [2.05, 4.69) is 10.3 Å². The lowest BCUT2D eigenvalue weighted by Gasteiger charge is -2.33. The van der Waals surface area contributed by atoms with Crippen LogP contribution in [0.5, 0.6) is 0 Å². The van der Waals surface area contributed by atoms with Gasteiger partial charge >= 0.3 is 0 Å². The predicted octanol–water partition coefficient (Wildman–Crippen LogP) is 4.26. The predicted molar refractivity (Wildman–Crippen MR) is 73.0 cm³/mol. The second kappa shape index (κ2) is 5.90. The van der Waals surface area contributed by atoms with Gasteiger partial charge < -0.3 is 5.32 Å². The van der Waals surface area contributed by atoms with Crippen molar-refractivity contribution in [1.29, 1.82) is 0 Å². The molecule has 0 saturated heterocycles. The van der Waals surface area contributed by atoms with E-state index in [4.69, 9.17) is 23.2 Å². The fourth-order valence-electron chi connectivity index (χ4n) is 2.64. The maximum absolute atomic E-state index is 14.5. The van der Waals surface area contributed by atoms with Gasteiger partial charge in [-0.2, -0.15) is 0 Å². The Hall–Kier alpha value is -0.450. The Morgan fingerprint density at radius 2 is 1.68 bits per heavy atom. The molecular formula is C13H16Cl2F2N2. The lowest BCUT2D eigenvalue weighted by atomic mass is 9.80. The summed E-state index contributed by atoms with van der Waals surface area (Å²) in [6.07, 6.45) is 2.53. The molecule has 19 heavy (non-hydrogen) atoms. The van der Waals surface area contributed by atoms with Crippen LogP contribution in [0.25, 0.3) is 0 Å². The van der Waals surface area contributed by atoms with Crippen LogP contribution in [-0.2, 0) is 5.92 Å². The average molecular weight is 309 g/mol. The molecule has 1 heterocycles. The number of alkyl halides is 2. The van der Waals surface area contributed by atoms with Crippen LogP contribution in [-0.4, -0.2) is 18.1 Å². The Bertz CT molecular complexity index is 426. The van der Waals surface area contributed by atoms with Gasteiger partial charge in [0.05, 0.1) is 0 Å². The van der Waals surface area contributed by atoms with Crippen molar-refractivity contribution in [3.05, 3.63) is 28.0 Å². The Morgan fingerprint density at radius 3 is 2.16 bits per heavy atom. The third-order valence-electron chi connectivity index (χ3n) is 3.80. The van der Waals surface area contributed by atoms with Crippen molar-refractivity contribution < 1.29 is 8.78 Å². The summed E-state index contributed by atoms with van der Waals surface area (Å²) in [6.45, 7) is 0. The van der Waals surface area contributed by atoms with Gasteiger partial charge in [0.1, 0.15) is 10.3 Å². The highest BCUT2D eigenvalue weighted by Crippen LogP contribution is 2.44. The number of pyridine rings is 1. The monoisotopic (exact) mass is 308 g/mol. The summed E-state index contributed by atoms with van der Waals surface area (Å²) in [5.74, 6) is -3.57. The zero-order valence-corrected chi connectivity index (χ0v) is 12.1. The summed E-state index contributed by atoms with van der Waals surface area (Å²) >= 11 is 11.4. The summed E-state index contributed by atoms with van der Waals surface area (Å²) in [4.78, 5) is 3.71. The Labute approximate surface area is 121 Å². The molecule has 1 aliphatic rings. The van der Waals surface area contributed by atoms with E-state index in [1.54, 1.807) is 0 Å². The van der Waals surface area contributed by atoms with Crippen molar-refractivity contribution in [2.45, 2.75) is 37.6 Å². The first kappa shape index (κ1) is 14.9. The summed E-state index contributed by atoms with van der Waals surface area (Å²) in [5.41, 5.74) is -0.134. The molecule has 0 amide bonds. The molecule has 1 saturated carbocycles. The van der Waals surface area contributed by atoms with Crippen LogP contribution in [0, 0.1) is 5.92 Å². The fourth-order valence-corrected chi connectivity index (χ4v) is 3.10. The Kier molecular flexibility index (Phi) is 4.64. The van der Waals surface area contributed by atoms with Crippen LogP contribution in [0.1, 0.15) is 31.2 Å². The first-order chi connectivity index (χ1) is 8.93. The largest absolute Gasteiger partial charge is 0.317 e. The number of hydrogen-bond acceptors (Lipinski definition) is 2. The van der Waals surface area contributed by atoms with E-state index in [1.807, 2.05) is 7.05 Å². The molecule has 0 atom stereocenters. The molecule has 2 nitrogen and oxygen atoms in total. The molecule has 0 spiro atoms. The highest BCUT2D eigenvalue weighted by molar-refractivity contribution is 6.32. The zero-order chi connectivity index (χ0) is 14.0. The quantitative estimate of drug-likeness (QED) is 0.844. The van der Waals surface area contributed by atoms with Gasteiger partial charge in [0, 0.05) is 17.5 Å².